The van der Waals surface area contributed by atoms with Crippen LogP contribution < -0.4 is 4.90 Å². The van der Waals surface area contributed by atoms with Crippen molar-refractivity contribution in [3.05, 3.63) is 36.1 Å². The van der Waals surface area contributed by atoms with Crippen LogP contribution in [0.2, 0.25) is 5.02 Å². The van der Waals surface area contributed by atoms with E-state index in [0.29, 0.717) is 18.1 Å². The Balaban J connectivity index is 2.02. The van der Waals surface area contributed by atoms with Gasteiger partial charge < -0.3 is 9.80 Å². The molecule has 1 aromatic heterocycles. The van der Waals surface area contributed by atoms with Gasteiger partial charge in [-0.05, 0) is 12.1 Å². The highest BCUT2D eigenvalue weighted by Crippen LogP contribution is 2.24. The molecular weight excluding hydrogens is 238 g/mol. The first-order valence-corrected chi connectivity index (χ1v) is 5.86. The molecule has 4 nitrogen and oxygen atoms in total. The van der Waals surface area contributed by atoms with Gasteiger partial charge in [-0.3, -0.25) is 9.78 Å². The summed E-state index contributed by atoms with van der Waals surface area (Å²) in [6, 6.07) is 1.90. The summed E-state index contributed by atoms with van der Waals surface area (Å²) in [4.78, 5) is 19.3. The van der Waals surface area contributed by atoms with Crippen molar-refractivity contribution >= 4 is 23.2 Å². The van der Waals surface area contributed by atoms with Crippen LogP contribution >= 0.6 is 11.6 Å². The zero-order valence-corrected chi connectivity index (χ0v) is 10.2. The minimum atomic E-state index is -0.00882. The molecule has 1 aromatic rings. The molecule has 90 valence electrons. The third-order valence-electron chi connectivity index (χ3n) is 2.86. The number of pyridine rings is 1. The molecule has 5 heteroatoms. The lowest BCUT2D eigenvalue weighted by atomic mass is 10.2. The van der Waals surface area contributed by atoms with Crippen molar-refractivity contribution in [2.75, 3.05) is 31.1 Å². The Hall–Kier alpha value is -1.55. The van der Waals surface area contributed by atoms with E-state index in [9.17, 15) is 4.79 Å². The molecule has 0 N–H and O–H groups in total. The van der Waals surface area contributed by atoms with E-state index in [2.05, 4.69) is 16.5 Å². The average molecular weight is 252 g/mol. The van der Waals surface area contributed by atoms with Gasteiger partial charge in [-0.15, -0.1) is 0 Å². The van der Waals surface area contributed by atoms with Gasteiger partial charge in [0.2, 0.25) is 5.91 Å². The summed E-state index contributed by atoms with van der Waals surface area (Å²) in [5.74, 6) is -0.00882. The first kappa shape index (κ1) is 11.9. The molecular formula is C12H14ClN3O. The monoisotopic (exact) mass is 251 g/mol. The van der Waals surface area contributed by atoms with Gasteiger partial charge in [0.15, 0.2) is 0 Å². The Kier molecular flexibility index (Phi) is 3.64. The van der Waals surface area contributed by atoms with E-state index in [1.165, 1.54) is 6.08 Å². The van der Waals surface area contributed by atoms with Crippen molar-refractivity contribution in [1.82, 2.24) is 9.88 Å². The molecule has 1 saturated heterocycles. The summed E-state index contributed by atoms with van der Waals surface area (Å²) >= 11 is 6.08. The van der Waals surface area contributed by atoms with Crippen molar-refractivity contribution in [3.63, 3.8) is 0 Å². The molecule has 0 spiro atoms. The number of hydrogen-bond donors (Lipinski definition) is 0. The Morgan fingerprint density at radius 3 is 2.71 bits per heavy atom. The number of hydrogen-bond acceptors (Lipinski definition) is 3. The molecule has 0 aromatic carbocycles. The number of halogens is 1. The third kappa shape index (κ3) is 2.58. The van der Waals surface area contributed by atoms with Crippen molar-refractivity contribution in [1.29, 1.82) is 0 Å². The zero-order valence-electron chi connectivity index (χ0n) is 9.47. The first-order chi connectivity index (χ1) is 8.22. The minimum absolute atomic E-state index is 0.00882. The number of amides is 1. The molecule has 0 aliphatic carbocycles. The molecule has 0 bridgehead atoms. The van der Waals surface area contributed by atoms with Crippen molar-refractivity contribution in [2.24, 2.45) is 0 Å². The summed E-state index contributed by atoms with van der Waals surface area (Å²) in [6.07, 6.45) is 4.72. The largest absolute Gasteiger partial charge is 0.367 e. The highest BCUT2D eigenvalue weighted by molar-refractivity contribution is 6.33. The molecule has 0 radical (unpaired) electrons. The van der Waals surface area contributed by atoms with Gasteiger partial charge in [0.25, 0.3) is 0 Å². The van der Waals surface area contributed by atoms with Crippen LogP contribution in [0.4, 0.5) is 5.69 Å². The van der Waals surface area contributed by atoms with E-state index in [4.69, 9.17) is 11.6 Å². The Morgan fingerprint density at radius 2 is 2.12 bits per heavy atom. The fraction of sp³-hybridized carbons (Fsp3) is 0.333. The molecule has 17 heavy (non-hydrogen) atoms. The maximum Gasteiger partial charge on any atom is 0.246 e. The second-order valence-electron chi connectivity index (χ2n) is 3.84. The molecule has 2 rings (SSSR count). The number of anilines is 1. The molecule has 1 aliphatic rings. The SMILES string of the molecule is C=CC(=O)N1CCN(c2ccncc2Cl)CC1. The van der Waals surface area contributed by atoms with Gasteiger partial charge in [-0.25, -0.2) is 0 Å². The van der Waals surface area contributed by atoms with Gasteiger partial charge in [-0.1, -0.05) is 18.2 Å². The number of aromatic nitrogens is 1. The third-order valence-corrected chi connectivity index (χ3v) is 3.15. The van der Waals surface area contributed by atoms with Crippen molar-refractivity contribution < 1.29 is 4.79 Å². The van der Waals surface area contributed by atoms with Crippen molar-refractivity contribution in [3.8, 4) is 0 Å². The van der Waals surface area contributed by atoms with E-state index in [1.54, 1.807) is 17.3 Å². The summed E-state index contributed by atoms with van der Waals surface area (Å²) in [5.41, 5.74) is 0.979. The first-order valence-electron chi connectivity index (χ1n) is 5.48. The highest BCUT2D eigenvalue weighted by Gasteiger charge is 2.20. The van der Waals surface area contributed by atoms with E-state index in [-0.39, 0.29) is 5.91 Å². The standard InChI is InChI=1S/C12H14ClN3O/c1-2-12(17)16-7-5-15(6-8-16)11-3-4-14-9-10(11)13/h2-4,9H,1,5-8H2. The number of nitrogens with zero attached hydrogens (tertiary/aromatic N) is 3. The van der Waals surface area contributed by atoms with Gasteiger partial charge in [0.1, 0.15) is 0 Å². The topological polar surface area (TPSA) is 36.4 Å². The van der Waals surface area contributed by atoms with Crippen LogP contribution in [-0.4, -0.2) is 42.0 Å². The van der Waals surface area contributed by atoms with Crippen LogP contribution in [0.25, 0.3) is 0 Å². The average Bonchev–Trinajstić information content (AvgIpc) is 2.39. The van der Waals surface area contributed by atoms with Gasteiger partial charge in [-0.2, -0.15) is 0 Å². The quantitative estimate of drug-likeness (QED) is 0.749. The van der Waals surface area contributed by atoms with E-state index < -0.39 is 0 Å². The number of carbonyl (C=O) groups excluding carboxylic acids is 1. The fourth-order valence-electron chi connectivity index (χ4n) is 1.92. The number of piperazine rings is 1. The van der Waals surface area contributed by atoms with Gasteiger partial charge >= 0.3 is 0 Å². The van der Waals surface area contributed by atoms with Crippen molar-refractivity contribution in [2.45, 2.75) is 0 Å². The van der Waals surface area contributed by atoms with E-state index >= 15 is 0 Å². The summed E-state index contributed by atoms with van der Waals surface area (Å²) in [7, 11) is 0. The smallest absolute Gasteiger partial charge is 0.246 e. The highest BCUT2D eigenvalue weighted by atomic mass is 35.5. The van der Waals surface area contributed by atoms with Crippen LogP contribution in [0.3, 0.4) is 0 Å². The number of carbonyl (C=O) groups is 1. The Morgan fingerprint density at radius 1 is 1.41 bits per heavy atom. The van der Waals surface area contributed by atoms with Crippen LogP contribution in [0.15, 0.2) is 31.1 Å². The maximum atomic E-state index is 11.4. The second kappa shape index (κ2) is 5.19. The lowest BCUT2D eigenvalue weighted by Gasteiger charge is -2.35. The molecule has 0 atom stereocenters. The summed E-state index contributed by atoms with van der Waals surface area (Å²) < 4.78 is 0. The van der Waals surface area contributed by atoms with E-state index in [1.807, 2.05) is 6.07 Å². The van der Waals surface area contributed by atoms with Gasteiger partial charge in [0, 0.05) is 38.6 Å². The summed E-state index contributed by atoms with van der Waals surface area (Å²) in [5, 5.41) is 0.649. The normalized spacial score (nSPS) is 15.8. The van der Waals surface area contributed by atoms with Crippen LogP contribution in [0.5, 0.6) is 0 Å². The summed E-state index contributed by atoms with van der Waals surface area (Å²) in [6.45, 7) is 6.45. The Labute approximate surface area is 105 Å². The second-order valence-corrected chi connectivity index (χ2v) is 4.25. The maximum absolute atomic E-state index is 11.4. The predicted octanol–water partition coefficient (Wildman–Crippen LogP) is 1.57. The van der Waals surface area contributed by atoms with Crippen LogP contribution in [-0.2, 0) is 4.79 Å². The minimum Gasteiger partial charge on any atom is -0.367 e. The molecule has 0 saturated carbocycles. The molecule has 1 fully saturated rings. The fourth-order valence-corrected chi connectivity index (χ4v) is 2.16. The molecule has 0 unspecified atom stereocenters. The molecule has 2 heterocycles. The van der Waals surface area contributed by atoms with Crippen LogP contribution in [0.1, 0.15) is 0 Å². The predicted molar refractivity (Wildman–Crippen MR) is 68.2 cm³/mol. The zero-order chi connectivity index (χ0) is 12.3. The molecule has 1 aliphatic heterocycles. The molecule has 1 amide bonds. The lowest BCUT2D eigenvalue weighted by Crippen LogP contribution is -2.48. The Bertz CT molecular complexity index is 428. The van der Waals surface area contributed by atoms with Crippen LogP contribution in [0, 0.1) is 0 Å². The van der Waals surface area contributed by atoms with Gasteiger partial charge in [0.05, 0.1) is 10.7 Å². The van der Waals surface area contributed by atoms with E-state index in [0.717, 1.165) is 18.8 Å². The lowest BCUT2D eigenvalue weighted by molar-refractivity contribution is -0.126. The number of rotatable bonds is 2.